The Kier molecular flexibility index (Phi) is 9.13. The molecule has 0 unspecified atom stereocenters. The highest BCUT2D eigenvalue weighted by atomic mass is 16.5. The maximum Gasteiger partial charge on any atom is 0.329 e. The van der Waals surface area contributed by atoms with Gasteiger partial charge in [0.1, 0.15) is 5.75 Å². The second-order valence-corrected chi connectivity index (χ2v) is 7.79. The lowest BCUT2D eigenvalue weighted by Crippen LogP contribution is -2.33. The zero-order chi connectivity index (χ0) is 25.0. The Bertz CT molecular complexity index is 1210. The van der Waals surface area contributed by atoms with Gasteiger partial charge in [-0.3, -0.25) is 14.4 Å². The van der Waals surface area contributed by atoms with Crippen LogP contribution < -0.4 is 20.8 Å². The zero-order valence-corrected chi connectivity index (χ0v) is 19.7. The van der Waals surface area contributed by atoms with Crippen LogP contribution in [0.15, 0.2) is 77.9 Å². The normalized spacial score (nSPS) is 10.6. The molecule has 3 amide bonds. The SMILES string of the molecule is CCCCOc1ccc(/C=N/NC(=O)C(=O)Nc2ccccc2C(=O)Nc2cccc(C)c2)cc1. The maximum absolute atomic E-state index is 12.7. The number of unbranched alkanes of at least 4 members (excludes halogenated alkanes) is 1. The van der Waals surface area contributed by atoms with Crippen molar-refractivity contribution < 1.29 is 19.1 Å². The van der Waals surface area contributed by atoms with E-state index in [0.717, 1.165) is 29.7 Å². The van der Waals surface area contributed by atoms with E-state index in [1.807, 2.05) is 37.3 Å². The summed E-state index contributed by atoms with van der Waals surface area (Å²) in [6, 6.07) is 21.0. The summed E-state index contributed by atoms with van der Waals surface area (Å²) >= 11 is 0. The number of nitrogens with zero attached hydrogens (tertiary/aromatic N) is 1. The van der Waals surface area contributed by atoms with Crippen LogP contribution in [0, 0.1) is 6.92 Å². The van der Waals surface area contributed by atoms with E-state index in [1.165, 1.54) is 6.21 Å². The molecule has 0 radical (unpaired) electrons. The fourth-order valence-electron chi connectivity index (χ4n) is 3.09. The summed E-state index contributed by atoms with van der Waals surface area (Å²) < 4.78 is 5.60. The van der Waals surface area contributed by atoms with Crippen molar-refractivity contribution in [2.45, 2.75) is 26.7 Å². The molecule has 0 aliphatic carbocycles. The van der Waals surface area contributed by atoms with Crippen molar-refractivity contribution in [1.82, 2.24) is 5.43 Å². The van der Waals surface area contributed by atoms with Gasteiger partial charge in [-0.1, -0.05) is 37.6 Å². The lowest BCUT2D eigenvalue weighted by Gasteiger charge is -2.11. The first-order valence-corrected chi connectivity index (χ1v) is 11.3. The van der Waals surface area contributed by atoms with E-state index in [0.29, 0.717) is 12.3 Å². The molecule has 8 nitrogen and oxygen atoms in total. The van der Waals surface area contributed by atoms with Gasteiger partial charge in [0.25, 0.3) is 5.91 Å². The minimum Gasteiger partial charge on any atom is -0.494 e. The van der Waals surface area contributed by atoms with Gasteiger partial charge in [0.05, 0.1) is 24.1 Å². The number of benzene rings is 3. The molecule has 0 atom stereocenters. The third-order valence-electron chi connectivity index (χ3n) is 4.93. The van der Waals surface area contributed by atoms with Crippen molar-refractivity contribution in [3.05, 3.63) is 89.5 Å². The quantitative estimate of drug-likeness (QED) is 0.184. The molecule has 0 spiro atoms. The maximum atomic E-state index is 12.7. The van der Waals surface area contributed by atoms with Crippen LogP contribution in [-0.4, -0.2) is 30.5 Å². The van der Waals surface area contributed by atoms with Crippen LogP contribution in [0.1, 0.15) is 41.3 Å². The lowest BCUT2D eigenvalue weighted by atomic mass is 10.1. The van der Waals surface area contributed by atoms with E-state index in [1.54, 1.807) is 42.5 Å². The Morgan fingerprint density at radius 3 is 2.43 bits per heavy atom. The number of amides is 3. The number of nitrogens with one attached hydrogen (secondary N) is 3. The van der Waals surface area contributed by atoms with Gasteiger partial charge in [-0.2, -0.15) is 5.10 Å². The molecule has 0 saturated heterocycles. The van der Waals surface area contributed by atoms with Crippen LogP contribution in [0.5, 0.6) is 5.75 Å². The second kappa shape index (κ2) is 12.7. The molecule has 180 valence electrons. The van der Waals surface area contributed by atoms with Gasteiger partial charge in [0, 0.05) is 5.69 Å². The summed E-state index contributed by atoms with van der Waals surface area (Å²) in [7, 11) is 0. The Balaban J connectivity index is 1.56. The Hall–Kier alpha value is -4.46. The van der Waals surface area contributed by atoms with Crippen molar-refractivity contribution in [2.75, 3.05) is 17.2 Å². The van der Waals surface area contributed by atoms with Crippen LogP contribution in [-0.2, 0) is 9.59 Å². The number of hydrazone groups is 1. The molecule has 35 heavy (non-hydrogen) atoms. The van der Waals surface area contributed by atoms with E-state index in [4.69, 9.17) is 4.74 Å². The van der Waals surface area contributed by atoms with Gasteiger partial charge in [-0.25, -0.2) is 5.43 Å². The number of para-hydroxylation sites is 1. The monoisotopic (exact) mass is 472 g/mol. The highest BCUT2D eigenvalue weighted by Gasteiger charge is 2.17. The van der Waals surface area contributed by atoms with Gasteiger partial charge in [-0.15, -0.1) is 0 Å². The zero-order valence-electron chi connectivity index (χ0n) is 19.7. The molecule has 0 heterocycles. The van der Waals surface area contributed by atoms with Gasteiger partial charge in [-0.05, 0) is 73.0 Å². The highest BCUT2D eigenvalue weighted by molar-refractivity contribution is 6.40. The molecule has 3 rings (SSSR count). The minimum atomic E-state index is -0.963. The predicted molar refractivity (Wildman–Crippen MR) is 137 cm³/mol. The highest BCUT2D eigenvalue weighted by Crippen LogP contribution is 2.18. The fraction of sp³-hybridized carbons (Fsp3) is 0.185. The van der Waals surface area contributed by atoms with E-state index in [-0.39, 0.29) is 11.3 Å². The van der Waals surface area contributed by atoms with Crippen LogP contribution in [0.4, 0.5) is 11.4 Å². The van der Waals surface area contributed by atoms with Crippen molar-refractivity contribution in [3.8, 4) is 5.75 Å². The molecule has 3 aromatic rings. The van der Waals surface area contributed by atoms with Gasteiger partial charge in [0.15, 0.2) is 0 Å². The van der Waals surface area contributed by atoms with Crippen molar-refractivity contribution in [2.24, 2.45) is 5.10 Å². The van der Waals surface area contributed by atoms with E-state index >= 15 is 0 Å². The topological polar surface area (TPSA) is 109 Å². The first kappa shape index (κ1) is 25.2. The smallest absolute Gasteiger partial charge is 0.329 e. The molecule has 8 heteroatoms. The van der Waals surface area contributed by atoms with E-state index in [2.05, 4.69) is 28.1 Å². The average molecular weight is 473 g/mol. The van der Waals surface area contributed by atoms with E-state index < -0.39 is 17.7 Å². The largest absolute Gasteiger partial charge is 0.494 e. The molecule has 3 N–H and O–H groups in total. The van der Waals surface area contributed by atoms with Crippen LogP contribution in [0.3, 0.4) is 0 Å². The number of rotatable bonds is 9. The third-order valence-corrected chi connectivity index (χ3v) is 4.93. The number of hydrogen-bond donors (Lipinski definition) is 3. The van der Waals surface area contributed by atoms with Gasteiger partial charge in [0.2, 0.25) is 0 Å². The standard InChI is InChI=1S/C27H28N4O4/c1-3-4-16-35-22-14-12-20(13-15-22)18-28-31-27(34)26(33)30-24-11-6-5-10-23(24)25(32)29-21-9-7-8-19(2)17-21/h5-15,17-18H,3-4,16H2,1-2H3,(H,29,32)(H,30,33)(H,31,34)/b28-18+. The minimum absolute atomic E-state index is 0.209. The number of aryl methyl sites for hydroxylation is 1. The lowest BCUT2D eigenvalue weighted by molar-refractivity contribution is -0.136. The third kappa shape index (κ3) is 7.82. The molecule has 3 aromatic carbocycles. The Morgan fingerprint density at radius 1 is 0.914 bits per heavy atom. The fourth-order valence-corrected chi connectivity index (χ4v) is 3.09. The van der Waals surface area contributed by atoms with Crippen LogP contribution in [0.2, 0.25) is 0 Å². The second-order valence-electron chi connectivity index (χ2n) is 7.79. The summed E-state index contributed by atoms with van der Waals surface area (Å²) in [6.45, 7) is 4.68. The number of carbonyl (C=O) groups excluding carboxylic acids is 3. The first-order valence-electron chi connectivity index (χ1n) is 11.3. The number of carbonyl (C=O) groups is 3. The van der Waals surface area contributed by atoms with Crippen molar-refractivity contribution in [1.29, 1.82) is 0 Å². The summed E-state index contributed by atoms with van der Waals surface area (Å²) in [5.74, 6) is -1.57. The molecule has 0 fully saturated rings. The first-order chi connectivity index (χ1) is 17.0. The molecule has 0 aliphatic rings. The van der Waals surface area contributed by atoms with Crippen molar-refractivity contribution in [3.63, 3.8) is 0 Å². The van der Waals surface area contributed by atoms with E-state index in [9.17, 15) is 14.4 Å². The van der Waals surface area contributed by atoms with Gasteiger partial charge < -0.3 is 15.4 Å². The average Bonchev–Trinajstić information content (AvgIpc) is 2.85. The number of anilines is 2. The van der Waals surface area contributed by atoms with Crippen LogP contribution in [0.25, 0.3) is 0 Å². The summed E-state index contributed by atoms with van der Waals surface area (Å²) in [5, 5.41) is 9.08. The molecule has 0 saturated carbocycles. The van der Waals surface area contributed by atoms with Crippen molar-refractivity contribution >= 4 is 35.3 Å². The molecular weight excluding hydrogens is 444 g/mol. The molecule has 0 bridgehead atoms. The summed E-state index contributed by atoms with van der Waals surface area (Å²) in [4.78, 5) is 37.3. The Morgan fingerprint density at radius 2 is 1.69 bits per heavy atom. The number of ether oxygens (including phenoxy) is 1. The summed E-state index contributed by atoms with van der Waals surface area (Å²) in [6.07, 6.45) is 3.47. The Labute approximate surface area is 204 Å². The predicted octanol–water partition coefficient (Wildman–Crippen LogP) is 4.52. The molecule has 0 aromatic heterocycles. The van der Waals surface area contributed by atoms with Gasteiger partial charge >= 0.3 is 11.8 Å². The molecular formula is C27H28N4O4. The molecule has 0 aliphatic heterocycles. The summed E-state index contributed by atoms with van der Waals surface area (Å²) in [5.41, 5.74) is 4.97. The number of hydrogen-bond acceptors (Lipinski definition) is 5. The van der Waals surface area contributed by atoms with Crippen LogP contribution >= 0.6 is 0 Å².